The highest BCUT2D eigenvalue weighted by molar-refractivity contribution is 5.92. The fourth-order valence-electron chi connectivity index (χ4n) is 2.68. The molecule has 0 spiro atoms. The first kappa shape index (κ1) is 19.3. The number of primary amides is 1. The summed E-state index contributed by atoms with van der Waals surface area (Å²) >= 11 is 0. The van der Waals surface area contributed by atoms with Gasteiger partial charge in [0.1, 0.15) is 0 Å². The van der Waals surface area contributed by atoms with Crippen LogP contribution in [0.15, 0.2) is 24.3 Å². The highest BCUT2D eigenvalue weighted by atomic mass is 16.5. The van der Waals surface area contributed by atoms with Gasteiger partial charge in [-0.3, -0.25) is 14.4 Å². The van der Waals surface area contributed by atoms with Gasteiger partial charge in [0.05, 0.1) is 13.0 Å². The second kappa shape index (κ2) is 8.89. The number of methoxy groups -OCH3 is 1. The summed E-state index contributed by atoms with van der Waals surface area (Å²) in [6, 6.07) is 5.03. The van der Waals surface area contributed by atoms with E-state index in [4.69, 9.17) is 20.3 Å². The highest BCUT2D eigenvalue weighted by Crippen LogP contribution is 2.28. The molecule has 26 heavy (non-hydrogen) atoms. The van der Waals surface area contributed by atoms with Gasteiger partial charge in [0.15, 0.2) is 18.1 Å². The molecular weight excluding hydrogens is 340 g/mol. The second-order valence-electron chi connectivity index (χ2n) is 5.94. The first-order valence-corrected chi connectivity index (χ1v) is 8.19. The van der Waals surface area contributed by atoms with Crippen molar-refractivity contribution in [1.82, 2.24) is 4.90 Å². The smallest absolute Gasteiger partial charge is 0.306 e. The Bertz CT molecular complexity index is 708. The minimum absolute atomic E-state index is 0.165. The Labute approximate surface area is 151 Å². The maximum absolute atomic E-state index is 12.2. The first-order valence-electron chi connectivity index (χ1n) is 8.19. The van der Waals surface area contributed by atoms with Crippen molar-refractivity contribution in [1.29, 1.82) is 0 Å². The summed E-state index contributed by atoms with van der Waals surface area (Å²) in [6.07, 6.45) is 4.02. The fourth-order valence-corrected chi connectivity index (χ4v) is 2.68. The van der Waals surface area contributed by atoms with E-state index in [9.17, 15) is 14.4 Å². The Morgan fingerprint density at radius 2 is 1.96 bits per heavy atom. The van der Waals surface area contributed by atoms with Gasteiger partial charge < -0.3 is 25.2 Å². The van der Waals surface area contributed by atoms with Crippen LogP contribution >= 0.6 is 0 Å². The van der Waals surface area contributed by atoms with Gasteiger partial charge in [0.25, 0.3) is 5.91 Å². The molecule has 0 atom stereocenters. The van der Waals surface area contributed by atoms with Crippen LogP contribution in [-0.4, -0.2) is 54.6 Å². The van der Waals surface area contributed by atoms with Crippen molar-refractivity contribution < 1.29 is 29.0 Å². The topological polar surface area (TPSA) is 119 Å². The molecule has 1 heterocycles. The zero-order valence-electron chi connectivity index (χ0n) is 14.5. The standard InChI is InChI=1S/C18H22N2O6/c1-25-15-10-12(2-4-14(15)26-11-16(19)21)3-5-17(22)20-8-6-13(7-9-20)18(23)24/h2-5,10,13H,6-9,11H2,1H3,(H2,19,21)(H,23,24)/b5-3+. The lowest BCUT2D eigenvalue weighted by Crippen LogP contribution is -2.39. The minimum atomic E-state index is -0.807. The van der Waals surface area contributed by atoms with Crippen LogP contribution < -0.4 is 15.2 Å². The molecule has 1 aromatic rings. The van der Waals surface area contributed by atoms with Crippen LogP contribution in [0, 0.1) is 5.92 Å². The van der Waals surface area contributed by atoms with Crippen molar-refractivity contribution in [2.75, 3.05) is 26.8 Å². The number of nitrogens with two attached hydrogens (primary N) is 1. The summed E-state index contributed by atoms with van der Waals surface area (Å²) in [5.74, 6) is -1.14. The van der Waals surface area contributed by atoms with E-state index in [0.29, 0.717) is 37.4 Å². The predicted octanol–water partition coefficient (Wildman–Crippen LogP) is 0.896. The summed E-state index contributed by atoms with van der Waals surface area (Å²) < 4.78 is 10.5. The number of amides is 2. The van der Waals surface area contributed by atoms with Gasteiger partial charge in [-0.15, -0.1) is 0 Å². The minimum Gasteiger partial charge on any atom is -0.493 e. The normalized spacial score (nSPS) is 15.0. The van der Waals surface area contributed by atoms with Crippen LogP contribution in [-0.2, 0) is 14.4 Å². The number of carboxylic acids is 1. The molecule has 1 saturated heterocycles. The molecule has 2 amide bonds. The molecule has 3 N–H and O–H groups in total. The van der Waals surface area contributed by atoms with Crippen molar-refractivity contribution in [3.05, 3.63) is 29.8 Å². The number of hydrogen-bond acceptors (Lipinski definition) is 5. The van der Waals surface area contributed by atoms with Crippen molar-refractivity contribution in [3.63, 3.8) is 0 Å². The largest absolute Gasteiger partial charge is 0.493 e. The highest BCUT2D eigenvalue weighted by Gasteiger charge is 2.25. The van der Waals surface area contributed by atoms with E-state index < -0.39 is 11.9 Å². The van der Waals surface area contributed by atoms with Gasteiger partial charge in [-0.1, -0.05) is 6.07 Å². The van der Waals surface area contributed by atoms with Crippen molar-refractivity contribution >= 4 is 23.9 Å². The molecule has 0 aliphatic carbocycles. The molecule has 0 unspecified atom stereocenters. The number of aliphatic carboxylic acids is 1. The quantitative estimate of drug-likeness (QED) is 0.696. The molecule has 1 fully saturated rings. The SMILES string of the molecule is COc1cc(/C=C/C(=O)N2CCC(C(=O)O)CC2)ccc1OCC(N)=O. The molecule has 1 aliphatic heterocycles. The van der Waals surface area contributed by atoms with Gasteiger partial charge in [-0.25, -0.2) is 0 Å². The Balaban J connectivity index is 1.98. The number of nitrogens with zero attached hydrogens (tertiary/aromatic N) is 1. The first-order chi connectivity index (χ1) is 12.4. The average molecular weight is 362 g/mol. The molecule has 1 aromatic carbocycles. The molecule has 140 valence electrons. The van der Waals surface area contributed by atoms with Crippen LogP contribution in [0.25, 0.3) is 6.08 Å². The van der Waals surface area contributed by atoms with Crippen LogP contribution in [0.2, 0.25) is 0 Å². The second-order valence-corrected chi connectivity index (χ2v) is 5.94. The number of carbonyl (C=O) groups excluding carboxylic acids is 2. The van der Waals surface area contributed by atoms with E-state index in [1.165, 1.54) is 13.2 Å². The summed E-state index contributed by atoms with van der Waals surface area (Å²) in [7, 11) is 1.47. The monoisotopic (exact) mass is 362 g/mol. The van der Waals surface area contributed by atoms with E-state index in [1.807, 2.05) is 0 Å². The van der Waals surface area contributed by atoms with Crippen molar-refractivity contribution in [2.45, 2.75) is 12.8 Å². The maximum Gasteiger partial charge on any atom is 0.306 e. The molecule has 0 radical (unpaired) electrons. The lowest BCUT2D eigenvalue weighted by Gasteiger charge is -2.29. The Kier molecular flexibility index (Phi) is 6.60. The van der Waals surface area contributed by atoms with Gasteiger partial charge in [-0.2, -0.15) is 0 Å². The van der Waals surface area contributed by atoms with E-state index in [0.717, 1.165) is 5.56 Å². The summed E-state index contributed by atoms with van der Waals surface area (Å²) in [4.78, 5) is 35.6. The van der Waals surface area contributed by atoms with E-state index >= 15 is 0 Å². The predicted molar refractivity (Wildman–Crippen MR) is 93.7 cm³/mol. The Morgan fingerprint density at radius 1 is 1.27 bits per heavy atom. The summed E-state index contributed by atoms with van der Waals surface area (Å²) in [5.41, 5.74) is 5.77. The molecule has 2 rings (SSSR count). The molecule has 0 aromatic heterocycles. The number of hydrogen-bond donors (Lipinski definition) is 2. The van der Waals surface area contributed by atoms with Crippen LogP contribution in [0.1, 0.15) is 18.4 Å². The molecule has 8 heteroatoms. The molecular formula is C18H22N2O6. The third-order valence-corrected chi connectivity index (χ3v) is 4.13. The summed E-state index contributed by atoms with van der Waals surface area (Å²) in [5, 5.41) is 8.99. The van der Waals surface area contributed by atoms with Crippen molar-refractivity contribution in [3.8, 4) is 11.5 Å². The number of benzene rings is 1. The summed E-state index contributed by atoms with van der Waals surface area (Å²) in [6.45, 7) is 0.614. The number of piperidine rings is 1. The number of carboxylic acid groups (broad SMARTS) is 1. The number of rotatable bonds is 7. The van der Waals surface area contributed by atoms with Gasteiger partial charge in [-0.05, 0) is 36.6 Å². The molecule has 8 nitrogen and oxygen atoms in total. The van der Waals surface area contributed by atoms with Crippen molar-refractivity contribution in [2.24, 2.45) is 11.7 Å². The number of ether oxygens (including phenoxy) is 2. The molecule has 0 bridgehead atoms. The van der Waals surface area contributed by atoms with E-state index in [-0.39, 0.29) is 18.4 Å². The van der Waals surface area contributed by atoms with E-state index in [1.54, 1.807) is 29.2 Å². The van der Waals surface area contributed by atoms with Crippen LogP contribution in [0.3, 0.4) is 0 Å². The lowest BCUT2D eigenvalue weighted by atomic mass is 9.97. The third-order valence-electron chi connectivity index (χ3n) is 4.13. The Hall–Kier alpha value is -3.03. The van der Waals surface area contributed by atoms with Crippen LogP contribution in [0.5, 0.6) is 11.5 Å². The lowest BCUT2D eigenvalue weighted by molar-refractivity contribution is -0.144. The third kappa shape index (κ3) is 5.23. The van der Waals surface area contributed by atoms with Gasteiger partial charge in [0, 0.05) is 19.2 Å². The number of likely N-dealkylation sites (tertiary alicyclic amines) is 1. The van der Waals surface area contributed by atoms with Gasteiger partial charge in [0.2, 0.25) is 5.91 Å². The number of carbonyl (C=O) groups is 3. The Morgan fingerprint density at radius 3 is 2.54 bits per heavy atom. The maximum atomic E-state index is 12.2. The molecule has 0 saturated carbocycles. The fraction of sp³-hybridized carbons (Fsp3) is 0.389. The zero-order valence-corrected chi connectivity index (χ0v) is 14.5. The van der Waals surface area contributed by atoms with Gasteiger partial charge >= 0.3 is 5.97 Å². The molecule has 1 aliphatic rings. The van der Waals surface area contributed by atoms with E-state index in [2.05, 4.69) is 0 Å². The zero-order chi connectivity index (χ0) is 19.1. The van der Waals surface area contributed by atoms with Crippen LogP contribution in [0.4, 0.5) is 0 Å². The average Bonchev–Trinajstić information content (AvgIpc) is 2.64.